The third kappa shape index (κ3) is 2.73. The number of nitrogens with zero attached hydrogens (tertiary/aromatic N) is 3. The number of halogens is 2. The maximum Gasteiger partial charge on any atom is 0.131 e. The second-order valence-electron chi connectivity index (χ2n) is 6.17. The van der Waals surface area contributed by atoms with E-state index in [2.05, 4.69) is 14.9 Å². The molecule has 2 heterocycles. The Labute approximate surface area is 128 Å². The van der Waals surface area contributed by atoms with Gasteiger partial charge in [0.15, 0.2) is 0 Å². The van der Waals surface area contributed by atoms with Crippen molar-refractivity contribution in [1.82, 2.24) is 14.9 Å². The smallest absolute Gasteiger partial charge is 0.131 e. The van der Waals surface area contributed by atoms with Gasteiger partial charge < -0.3 is 0 Å². The molecule has 1 aromatic carbocycles. The van der Waals surface area contributed by atoms with Gasteiger partial charge in [0.25, 0.3) is 0 Å². The second-order valence-corrected chi connectivity index (χ2v) is 6.17. The molecule has 4 rings (SSSR count). The number of rotatable bonds is 3. The van der Waals surface area contributed by atoms with E-state index in [4.69, 9.17) is 0 Å². The van der Waals surface area contributed by atoms with Gasteiger partial charge in [0.1, 0.15) is 17.5 Å². The third-order valence-electron chi connectivity index (χ3n) is 4.38. The van der Waals surface area contributed by atoms with Crippen LogP contribution in [0.5, 0.6) is 0 Å². The summed E-state index contributed by atoms with van der Waals surface area (Å²) in [6.45, 7) is 1.91. The molecule has 1 aliphatic heterocycles. The molecule has 2 aliphatic rings. The lowest BCUT2D eigenvalue weighted by molar-refractivity contribution is 0.239. The van der Waals surface area contributed by atoms with Crippen molar-refractivity contribution >= 4 is 0 Å². The van der Waals surface area contributed by atoms with Gasteiger partial charge in [-0.1, -0.05) is 0 Å². The number of hydrogen-bond donors (Lipinski definition) is 0. The van der Waals surface area contributed by atoms with Crippen LogP contribution in [0.3, 0.4) is 0 Å². The lowest BCUT2D eigenvalue weighted by Crippen LogP contribution is -2.31. The first-order valence-corrected chi connectivity index (χ1v) is 7.70. The summed E-state index contributed by atoms with van der Waals surface area (Å²) in [5, 5.41) is 0. The van der Waals surface area contributed by atoms with Crippen molar-refractivity contribution in [3.63, 3.8) is 0 Å². The van der Waals surface area contributed by atoms with E-state index < -0.39 is 5.82 Å². The molecule has 3 nitrogen and oxygen atoms in total. The summed E-state index contributed by atoms with van der Waals surface area (Å²) >= 11 is 0. The van der Waals surface area contributed by atoms with Crippen LogP contribution >= 0.6 is 0 Å². The Kier molecular flexibility index (Phi) is 3.37. The highest BCUT2D eigenvalue weighted by Crippen LogP contribution is 2.38. The van der Waals surface area contributed by atoms with Gasteiger partial charge in [-0.2, -0.15) is 0 Å². The van der Waals surface area contributed by atoms with Crippen molar-refractivity contribution in [2.45, 2.75) is 38.3 Å². The molecule has 0 bridgehead atoms. The molecule has 0 unspecified atom stereocenters. The van der Waals surface area contributed by atoms with Crippen molar-refractivity contribution < 1.29 is 8.78 Å². The van der Waals surface area contributed by atoms with Crippen LogP contribution in [0.1, 0.15) is 41.4 Å². The van der Waals surface area contributed by atoms with E-state index in [1.807, 2.05) is 6.20 Å². The van der Waals surface area contributed by atoms with Crippen molar-refractivity contribution in [3.05, 3.63) is 58.7 Å². The maximum absolute atomic E-state index is 13.8. The Balaban J connectivity index is 1.50. The highest BCUT2D eigenvalue weighted by molar-refractivity contribution is 5.24. The lowest BCUT2D eigenvalue weighted by atomic mass is 10.1. The normalized spacial score (nSPS) is 18.3. The number of benzene rings is 1. The zero-order chi connectivity index (χ0) is 15.1. The molecule has 114 valence electrons. The van der Waals surface area contributed by atoms with Crippen molar-refractivity contribution in [1.29, 1.82) is 0 Å². The molecule has 22 heavy (non-hydrogen) atoms. The fraction of sp³-hybridized carbons (Fsp3) is 0.412. The average molecular weight is 301 g/mol. The lowest BCUT2D eigenvalue weighted by Gasteiger charge is -2.28. The van der Waals surface area contributed by atoms with Crippen LogP contribution in [0.15, 0.2) is 24.4 Å². The van der Waals surface area contributed by atoms with Gasteiger partial charge in [-0.15, -0.1) is 0 Å². The van der Waals surface area contributed by atoms with E-state index in [1.165, 1.54) is 25.0 Å². The molecule has 0 radical (unpaired) electrons. The zero-order valence-electron chi connectivity index (χ0n) is 12.2. The topological polar surface area (TPSA) is 29.0 Å². The molecular weight excluding hydrogens is 284 g/mol. The Hall–Kier alpha value is -1.88. The third-order valence-corrected chi connectivity index (χ3v) is 4.38. The zero-order valence-corrected chi connectivity index (χ0v) is 12.2. The molecular formula is C17H17F2N3. The molecule has 1 aromatic heterocycles. The number of hydrogen-bond acceptors (Lipinski definition) is 3. The first-order chi connectivity index (χ1) is 10.7. The van der Waals surface area contributed by atoms with Gasteiger partial charge in [0, 0.05) is 55.0 Å². The molecule has 2 aromatic rings. The van der Waals surface area contributed by atoms with Crippen LogP contribution in [-0.4, -0.2) is 21.4 Å². The maximum atomic E-state index is 13.8. The summed E-state index contributed by atoms with van der Waals surface area (Å²) in [5.41, 5.74) is 2.62. The van der Waals surface area contributed by atoms with Gasteiger partial charge in [0.05, 0.1) is 0 Å². The van der Waals surface area contributed by atoms with Crippen LogP contribution in [0.4, 0.5) is 8.78 Å². The van der Waals surface area contributed by atoms with E-state index in [9.17, 15) is 8.78 Å². The molecule has 0 spiro atoms. The van der Waals surface area contributed by atoms with Crippen molar-refractivity contribution in [2.75, 3.05) is 6.54 Å². The summed E-state index contributed by atoms with van der Waals surface area (Å²) in [5.74, 6) is 0.784. The molecule has 1 aliphatic carbocycles. The van der Waals surface area contributed by atoms with Crippen LogP contribution in [0.2, 0.25) is 0 Å². The van der Waals surface area contributed by atoms with Crippen LogP contribution in [-0.2, 0) is 19.5 Å². The van der Waals surface area contributed by atoms with Gasteiger partial charge in [-0.3, -0.25) is 4.90 Å². The predicted molar refractivity (Wildman–Crippen MR) is 78.2 cm³/mol. The summed E-state index contributed by atoms with van der Waals surface area (Å²) in [7, 11) is 0. The Morgan fingerprint density at radius 3 is 2.91 bits per heavy atom. The molecule has 0 atom stereocenters. The predicted octanol–water partition coefficient (Wildman–Crippen LogP) is 3.19. The minimum Gasteiger partial charge on any atom is -0.294 e. The summed E-state index contributed by atoms with van der Waals surface area (Å²) in [6, 6.07) is 3.61. The minimum absolute atomic E-state index is 0.354. The first kappa shape index (κ1) is 13.8. The fourth-order valence-electron chi connectivity index (χ4n) is 2.97. The monoisotopic (exact) mass is 301 g/mol. The molecule has 1 fully saturated rings. The Morgan fingerprint density at radius 1 is 1.23 bits per heavy atom. The largest absolute Gasteiger partial charge is 0.294 e. The highest BCUT2D eigenvalue weighted by Gasteiger charge is 2.28. The fourth-order valence-corrected chi connectivity index (χ4v) is 2.97. The van der Waals surface area contributed by atoms with E-state index >= 15 is 0 Å². The van der Waals surface area contributed by atoms with Gasteiger partial charge in [0.2, 0.25) is 0 Å². The Bertz CT molecular complexity index is 713. The summed E-state index contributed by atoms with van der Waals surface area (Å²) in [4.78, 5) is 11.2. The van der Waals surface area contributed by atoms with E-state index in [0.29, 0.717) is 24.6 Å². The Morgan fingerprint density at radius 2 is 2.09 bits per heavy atom. The molecule has 0 saturated heterocycles. The summed E-state index contributed by atoms with van der Waals surface area (Å²) in [6.07, 6.45) is 5.14. The standard InChI is InChI=1S/C17H17F2N3/c18-14-3-4-15(19)12(7-14)9-22-6-5-16-13(10-22)8-20-17(21-16)11-1-2-11/h3-4,7-8,11H,1-2,5-6,9-10H2. The molecule has 0 amide bonds. The van der Waals surface area contributed by atoms with Gasteiger partial charge in [-0.05, 0) is 31.0 Å². The SMILES string of the molecule is Fc1ccc(F)c(CN2CCc3nc(C4CC4)ncc3C2)c1. The second kappa shape index (κ2) is 5.39. The number of fused-ring (bicyclic) bond motifs is 1. The quantitative estimate of drug-likeness (QED) is 0.872. The average Bonchev–Trinajstić information content (AvgIpc) is 3.35. The van der Waals surface area contributed by atoms with Crippen LogP contribution in [0.25, 0.3) is 0 Å². The molecule has 0 N–H and O–H groups in total. The van der Waals surface area contributed by atoms with E-state index in [0.717, 1.165) is 36.1 Å². The first-order valence-electron chi connectivity index (χ1n) is 7.70. The van der Waals surface area contributed by atoms with Gasteiger partial charge in [-0.25, -0.2) is 18.7 Å². The summed E-state index contributed by atoms with van der Waals surface area (Å²) < 4.78 is 27.0. The molecule has 1 saturated carbocycles. The number of aromatic nitrogens is 2. The minimum atomic E-state index is -0.397. The molecule has 5 heteroatoms. The van der Waals surface area contributed by atoms with Crippen molar-refractivity contribution in [3.8, 4) is 0 Å². The van der Waals surface area contributed by atoms with E-state index in [-0.39, 0.29) is 5.82 Å². The van der Waals surface area contributed by atoms with Gasteiger partial charge >= 0.3 is 0 Å². The van der Waals surface area contributed by atoms with Crippen LogP contribution < -0.4 is 0 Å². The van der Waals surface area contributed by atoms with E-state index in [1.54, 1.807) is 0 Å². The highest BCUT2D eigenvalue weighted by atomic mass is 19.1. The van der Waals surface area contributed by atoms with Crippen molar-refractivity contribution in [2.24, 2.45) is 0 Å². The van der Waals surface area contributed by atoms with Crippen LogP contribution in [0, 0.1) is 11.6 Å².